The molecule has 2 amide bonds. The molecule has 1 atom stereocenters. The molecule has 0 fully saturated rings. The Kier molecular flexibility index (Phi) is 8.03. The predicted octanol–water partition coefficient (Wildman–Crippen LogP) is 5.38. The van der Waals surface area contributed by atoms with Crippen molar-refractivity contribution in [2.24, 2.45) is 0 Å². The first kappa shape index (κ1) is 23.1. The van der Waals surface area contributed by atoms with Crippen LogP contribution in [-0.2, 0) is 22.6 Å². The Morgan fingerprint density at radius 1 is 0.969 bits per heavy atom. The number of amides is 2. The van der Waals surface area contributed by atoms with Crippen molar-refractivity contribution in [2.75, 3.05) is 11.9 Å². The molecule has 166 valence electrons. The molecule has 0 spiro atoms. The number of nitrogens with zero attached hydrogens (tertiary/aromatic N) is 1. The molecule has 1 N–H and O–H groups in total. The van der Waals surface area contributed by atoms with Crippen LogP contribution in [0.25, 0.3) is 0 Å². The minimum Gasteiger partial charge on any atom is -0.483 e. The quantitative estimate of drug-likeness (QED) is 0.496. The van der Waals surface area contributed by atoms with Gasteiger partial charge in [0.15, 0.2) is 6.61 Å². The Bertz CT molecular complexity index is 1050. The van der Waals surface area contributed by atoms with Crippen molar-refractivity contribution in [3.8, 4) is 5.75 Å². The lowest BCUT2D eigenvalue weighted by Gasteiger charge is -2.30. The average molecular weight is 431 g/mol. The van der Waals surface area contributed by atoms with Crippen LogP contribution in [0.2, 0.25) is 0 Å². The molecule has 3 rings (SSSR count). The van der Waals surface area contributed by atoms with Gasteiger partial charge in [0, 0.05) is 19.2 Å². The number of para-hydroxylation sites is 1. The van der Waals surface area contributed by atoms with Crippen LogP contribution < -0.4 is 10.1 Å². The largest absolute Gasteiger partial charge is 0.483 e. The monoisotopic (exact) mass is 430 g/mol. The highest BCUT2D eigenvalue weighted by atomic mass is 16.5. The van der Waals surface area contributed by atoms with E-state index in [9.17, 15) is 9.59 Å². The maximum atomic E-state index is 13.3. The molecule has 0 heterocycles. The maximum Gasteiger partial charge on any atom is 0.261 e. The minimum absolute atomic E-state index is 0.0421. The van der Waals surface area contributed by atoms with Crippen molar-refractivity contribution in [1.29, 1.82) is 0 Å². The van der Waals surface area contributed by atoms with E-state index in [1.807, 2.05) is 90.7 Å². The van der Waals surface area contributed by atoms with Gasteiger partial charge in [0.05, 0.1) is 6.04 Å². The number of benzene rings is 3. The van der Waals surface area contributed by atoms with Crippen LogP contribution in [0.1, 0.15) is 43.5 Å². The zero-order valence-corrected chi connectivity index (χ0v) is 18.9. The smallest absolute Gasteiger partial charge is 0.261 e. The second kappa shape index (κ2) is 11.1. The highest BCUT2D eigenvalue weighted by Crippen LogP contribution is 2.26. The molecule has 3 aromatic carbocycles. The maximum absolute atomic E-state index is 13.3. The highest BCUT2D eigenvalue weighted by molar-refractivity contribution is 5.88. The lowest BCUT2D eigenvalue weighted by Crippen LogP contribution is -2.36. The van der Waals surface area contributed by atoms with Crippen LogP contribution in [-0.4, -0.2) is 23.3 Å². The second-order valence-electron chi connectivity index (χ2n) is 7.74. The molecule has 32 heavy (non-hydrogen) atoms. The molecule has 0 aliphatic rings. The molecule has 0 bridgehead atoms. The molecule has 3 aromatic rings. The lowest BCUT2D eigenvalue weighted by atomic mass is 10.0. The van der Waals surface area contributed by atoms with E-state index in [0.29, 0.717) is 12.2 Å². The van der Waals surface area contributed by atoms with Crippen molar-refractivity contribution in [3.63, 3.8) is 0 Å². The molecular weight excluding hydrogens is 400 g/mol. The van der Waals surface area contributed by atoms with Gasteiger partial charge in [-0.25, -0.2) is 0 Å². The van der Waals surface area contributed by atoms with Gasteiger partial charge in [-0.05, 0) is 48.2 Å². The van der Waals surface area contributed by atoms with Crippen molar-refractivity contribution in [2.45, 2.75) is 39.8 Å². The number of rotatable bonds is 9. The molecule has 0 radical (unpaired) electrons. The summed E-state index contributed by atoms with van der Waals surface area (Å²) in [6, 6.07) is 25.1. The number of carbonyl (C=O) groups excluding carboxylic acids is 2. The first-order chi connectivity index (χ1) is 15.5. The van der Waals surface area contributed by atoms with E-state index in [4.69, 9.17) is 4.74 Å². The second-order valence-corrected chi connectivity index (χ2v) is 7.74. The fourth-order valence-electron chi connectivity index (χ4n) is 3.64. The number of hydrogen-bond acceptors (Lipinski definition) is 3. The predicted molar refractivity (Wildman–Crippen MR) is 127 cm³/mol. The molecular formula is C27H30N2O3. The topological polar surface area (TPSA) is 58.6 Å². The summed E-state index contributed by atoms with van der Waals surface area (Å²) >= 11 is 0. The first-order valence-electron chi connectivity index (χ1n) is 10.9. The molecule has 5 heteroatoms. The third-order valence-corrected chi connectivity index (χ3v) is 5.38. The standard InChI is InChI=1S/C27H30N2O3/c1-4-23-13-8-9-16-26(23)32-19-27(31)29(18-22-11-6-5-7-12-22)20(2)24-14-10-15-25(17-24)28-21(3)30/h5-17,20H,4,18-19H2,1-3H3,(H,28,30). The van der Waals surface area contributed by atoms with E-state index in [-0.39, 0.29) is 24.5 Å². The van der Waals surface area contributed by atoms with Crippen molar-refractivity contribution >= 4 is 17.5 Å². The van der Waals surface area contributed by atoms with Gasteiger partial charge < -0.3 is 15.0 Å². The van der Waals surface area contributed by atoms with Crippen LogP contribution in [0.4, 0.5) is 5.69 Å². The molecule has 5 nitrogen and oxygen atoms in total. The number of carbonyl (C=O) groups is 2. The van der Waals surface area contributed by atoms with Gasteiger partial charge in [0.1, 0.15) is 5.75 Å². The summed E-state index contributed by atoms with van der Waals surface area (Å²) < 4.78 is 5.92. The zero-order valence-electron chi connectivity index (χ0n) is 18.9. The van der Waals surface area contributed by atoms with Gasteiger partial charge in [-0.15, -0.1) is 0 Å². The minimum atomic E-state index is -0.207. The van der Waals surface area contributed by atoms with Crippen LogP contribution >= 0.6 is 0 Å². The Morgan fingerprint density at radius 2 is 1.69 bits per heavy atom. The molecule has 0 aliphatic carbocycles. The number of anilines is 1. The van der Waals surface area contributed by atoms with E-state index >= 15 is 0 Å². The summed E-state index contributed by atoms with van der Waals surface area (Å²) in [5, 5.41) is 2.81. The number of nitrogens with one attached hydrogen (secondary N) is 1. The van der Waals surface area contributed by atoms with Crippen LogP contribution in [0.15, 0.2) is 78.9 Å². The third-order valence-electron chi connectivity index (χ3n) is 5.38. The molecule has 0 saturated carbocycles. The van der Waals surface area contributed by atoms with Gasteiger partial charge in [0.2, 0.25) is 5.91 Å². The van der Waals surface area contributed by atoms with E-state index in [0.717, 1.165) is 28.9 Å². The molecule has 0 aliphatic heterocycles. The summed E-state index contributed by atoms with van der Waals surface area (Å²) in [5.74, 6) is 0.510. The SMILES string of the molecule is CCc1ccccc1OCC(=O)N(Cc1ccccc1)C(C)c1cccc(NC(C)=O)c1. The van der Waals surface area contributed by atoms with Crippen molar-refractivity contribution in [1.82, 2.24) is 4.90 Å². The zero-order chi connectivity index (χ0) is 22.9. The third kappa shape index (κ3) is 6.20. The number of aryl methyl sites for hydroxylation is 1. The summed E-state index contributed by atoms with van der Waals surface area (Å²) in [5.41, 5.74) is 3.77. The van der Waals surface area contributed by atoms with E-state index in [1.165, 1.54) is 6.92 Å². The van der Waals surface area contributed by atoms with Gasteiger partial charge in [-0.1, -0.05) is 67.6 Å². The number of ether oxygens (including phenoxy) is 1. The Balaban J connectivity index is 1.82. The Hall–Kier alpha value is -3.60. The normalized spacial score (nSPS) is 11.5. The molecule has 0 saturated heterocycles. The fourth-order valence-corrected chi connectivity index (χ4v) is 3.64. The van der Waals surface area contributed by atoms with E-state index in [2.05, 4.69) is 12.2 Å². The first-order valence-corrected chi connectivity index (χ1v) is 10.9. The summed E-state index contributed by atoms with van der Waals surface area (Å²) in [7, 11) is 0. The molecule has 1 unspecified atom stereocenters. The van der Waals surface area contributed by atoms with Crippen LogP contribution in [0, 0.1) is 0 Å². The summed E-state index contributed by atoms with van der Waals surface area (Å²) in [6.07, 6.45) is 0.838. The van der Waals surface area contributed by atoms with Gasteiger partial charge in [-0.2, -0.15) is 0 Å². The lowest BCUT2D eigenvalue weighted by molar-refractivity contribution is -0.136. The summed E-state index contributed by atoms with van der Waals surface area (Å²) in [6.45, 7) is 5.96. The van der Waals surface area contributed by atoms with Crippen LogP contribution in [0.3, 0.4) is 0 Å². The van der Waals surface area contributed by atoms with Crippen molar-refractivity contribution in [3.05, 3.63) is 95.6 Å². The average Bonchev–Trinajstić information content (AvgIpc) is 2.81. The summed E-state index contributed by atoms with van der Waals surface area (Å²) in [4.78, 5) is 26.6. The van der Waals surface area contributed by atoms with Crippen LogP contribution in [0.5, 0.6) is 5.75 Å². The van der Waals surface area contributed by atoms with E-state index < -0.39 is 0 Å². The Labute approximate surface area is 190 Å². The van der Waals surface area contributed by atoms with Crippen molar-refractivity contribution < 1.29 is 14.3 Å². The highest BCUT2D eigenvalue weighted by Gasteiger charge is 2.23. The van der Waals surface area contributed by atoms with E-state index in [1.54, 1.807) is 0 Å². The van der Waals surface area contributed by atoms with Gasteiger partial charge >= 0.3 is 0 Å². The van der Waals surface area contributed by atoms with Gasteiger partial charge in [-0.3, -0.25) is 9.59 Å². The van der Waals surface area contributed by atoms with Gasteiger partial charge in [0.25, 0.3) is 5.91 Å². The fraction of sp³-hybridized carbons (Fsp3) is 0.259. The number of hydrogen-bond donors (Lipinski definition) is 1. The Morgan fingerprint density at radius 3 is 2.41 bits per heavy atom. The molecule has 0 aromatic heterocycles.